The van der Waals surface area contributed by atoms with E-state index < -0.39 is 47.9 Å². The average Bonchev–Trinajstić information content (AvgIpc) is 3.02. The van der Waals surface area contributed by atoms with E-state index in [2.05, 4.69) is 16.0 Å². The standard InChI is InChI=1S/C33H41N5O7/c34-17-5-4-8-27(33(44)45)36-31(42)29(19-21-6-2-1-3-7-21)38-32(43)28(20-23-11-15-25(40)16-12-23)37-30(41)26(35)18-22-9-13-24(39)14-10-22/h1-3,6-7,9-16,26-29,39-40H,4-5,8,17-20,34-35H2,(H,36,42)(H,37,41)(H,38,43)(H,44,45). The number of rotatable bonds is 17. The third kappa shape index (κ3) is 11.6. The second-order valence-electron chi connectivity index (χ2n) is 10.8. The van der Waals surface area contributed by atoms with Crippen LogP contribution in [0.15, 0.2) is 78.9 Å². The summed E-state index contributed by atoms with van der Waals surface area (Å²) in [4.78, 5) is 52.2. The zero-order valence-corrected chi connectivity index (χ0v) is 24.9. The monoisotopic (exact) mass is 619 g/mol. The Hall–Kier alpha value is -4.94. The van der Waals surface area contributed by atoms with Crippen molar-refractivity contribution in [3.63, 3.8) is 0 Å². The maximum absolute atomic E-state index is 13.8. The number of carbonyl (C=O) groups excluding carboxylic acids is 3. The van der Waals surface area contributed by atoms with Crippen LogP contribution in [0.2, 0.25) is 0 Å². The number of aromatic hydroxyl groups is 2. The van der Waals surface area contributed by atoms with Gasteiger partial charge in [-0.05, 0) is 73.2 Å². The van der Waals surface area contributed by atoms with Crippen molar-refractivity contribution in [2.45, 2.75) is 62.7 Å². The largest absolute Gasteiger partial charge is 0.508 e. The summed E-state index contributed by atoms with van der Waals surface area (Å²) in [5.41, 5.74) is 13.7. The molecule has 0 bridgehead atoms. The van der Waals surface area contributed by atoms with Crippen molar-refractivity contribution >= 4 is 23.7 Å². The van der Waals surface area contributed by atoms with Gasteiger partial charge >= 0.3 is 5.97 Å². The molecule has 45 heavy (non-hydrogen) atoms. The quantitative estimate of drug-likeness (QED) is 0.101. The molecule has 0 heterocycles. The lowest BCUT2D eigenvalue weighted by Crippen LogP contribution is -2.58. The van der Waals surface area contributed by atoms with Gasteiger partial charge in [0.2, 0.25) is 17.7 Å². The molecular formula is C33H41N5O7. The number of nitrogens with two attached hydrogens (primary N) is 2. The number of carboxylic acid groups (broad SMARTS) is 1. The molecule has 3 aromatic rings. The molecule has 0 spiro atoms. The van der Waals surface area contributed by atoms with Gasteiger partial charge in [-0.2, -0.15) is 0 Å². The second kappa shape index (κ2) is 17.4. The number of aliphatic carboxylic acids is 1. The van der Waals surface area contributed by atoms with Crippen molar-refractivity contribution in [1.29, 1.82) is 0 Å². The van der Waals surface area contributed by atoms with Gasteiger partial charge in [-0.15, -0.1) is 0 Å². The number of phenolic OH excluding ortho intramolecular Hbond substituents is 2. The van der Waals surface area contributed by atoms with Crippen molar-refractivity contribution in [3.05, 3.63) is 95.6 Å². The molecular weight excluding hydrogens is 578 g/mol. The Morgan fingerprint density at radius 1 is 0.600 bits per heavy atom. The molecule has 0 saturated carbocycles. The highest BCUT2D eigenvalue weighted by Crippen LogP contribution is 2.14. The molecule has 0 fully saturated rings. The van der Waals surface area contributed by atoms with Gasteiger partial charge in [-0.1, -0.05) is 54.6 Å². The molecule has 10 N–H and O–H groups in total. The Bertz CT molecular complexity index is 1400. The summed E-state index contributed by atoms with van der Waals surface area (Å²) < 4.78 is 0. The molecule has 3 rings (SSSR count). The predicted octanol–water partition coefficient (Wildman–Crippen LogP) is 1.12. The van der Waals surface area contributed by atoms with Crippen molar-refractivity contribution in [2.75, 3.05) is 6.54 Å². The third-order valence-corrected chi connectivity index (χ3v) is 7.22. The minimum absolute atomic E-state index is 0.0142. The zero-order valence-electron chi connectivity index (χ0n) is 24.9. The highest BCUT2D eigenvalue weighted by atomic mass is 16.4. The van der Waals surface area contributed by atoms with Crippen LogP contribution in [0, 0.1) is 0 Å². The SMILES string of the molecule is NCCCCC(NC(=O)C(Cc1ccccc1)NC(=O)C(Cc1ccc(O)cc1)NC(=O)C(N)Cc1ccc(O)cc1)C(=O)O. The van der Waals surface area contributed by atoms with Crippen LogP contribution in [0.3, 0.4) is 0 Å². The number of hydrogen-bond acceptors (Lipinski definition) is 8. The maximum Gasteiger partial charge on any atom is 0.326 e. The van der Waals surface area contributed by atoms with E-state index in [9.17, 15) is 34.5 Å². The lowest BCUT2D eigenvalue weighted by atomic mass is 10.0. The summed E-state index contributed by atoms with van der Waals surface area (Å²) in [6.07, 6.45) is 1.47. The summed E-state index contributed by atoms with van der Waals surface area (Å²) in [6, 6.07) is 16.7. The van der Waals surface area contributed by atoms with E-state index in [-0.39, 0.29) is 37.2 Å². The normalized spacial score (nSPS) is 13.6. The summed E-state index contributed by atoms with van der Waals surface area (Å²) in [5.74, 6) is -3.09. The number of carboxylic acids is 1. The van der Waals surface area contributed by atoms with E-state index in [4.69, 9.17) is 11.5 Å². The molecule has 3 amide bonds. The predicted molar refractivity (Wildman–Crippen MR) is 168 cm³/mol. The first-order valence-electron chi connectivity index (χ1n) is 14.7. The fourth-order valence-electron chi connectivity index (χ4n) is 4.69. The minimum Gasteiger partial charge on any atom is -0.508 e. The van der Waals surface area contributed by atoms with Crippen LogP contribution in [0.4, 0.5) is 0 Å². The molecule has 12 nitrogen and oxygen atoms in total. The maximum atomic E-state index is 13.8. The Morgan fingerprint density at radius 3 is 1.53 bits per heavy atom. The molecule has 0 aliphatic rings. The molecule has 0 aromatic heterocycles. The second-order valence-corrected chi connectivity index (χ2v) is 10.8. The molecule has 3 aromatic carbocycles. The minimum atomic E-state index is -1.20. The molecule has 0 saturated heterocycles. The average molecular weight is 620 g/mol. The number of nitrogens with one attached hydrogen (secondary N) is 3. The van der Waals surface area contributed by atoms with Gasteiger partial charge in [-0.25, -0.2) is 4.79 Å². The van der Waals surface area contributed by atoms with Crippen LogP contribution in [0.5, 0.6) is 11.5 Å². The molecule has 0 aliphatic carbocycles. The molecule has 4 unspecified atom stereocenters. The van der Waals surface area contributed by atoms with E-state index in [1.54, 1.807) is 54.6 Å². The van der Waals surface area contributed by atoms with Gasteiger partial charge in [0, 0.05) is 12.8 Å². The van der Waals surface area contributed by atoms with Crippen molar-refractivity contribution in [3.8, 4) is 11.5 Å². The molecule has 240 valence electrons. The first kappa shape index (κ1) is 34.5. The topological polar surface area (TPSA) is 217 Å². The Morgan fingerprint density at radius 2 is 1.04 bits per heavy atom. The van der Waals surface area contributed by atoms with Gasteiger partial charge in [0.1, 0.15) is 29.6 Å². The van der Waals surface area contributed by atoms with Crippen molar-refractivity contribution < 1.29 is 34.5 Å². The van der Waals surface area contributed by atoms with Crippen LogP contribution < -0.4 is 27.4 Å². The van der Waals surface area contributed by atoms with Crippen LogP contribution >= 0.6 is 0 Å². The fourth-order valence-corrected chi connectivity index (χ4v) is 4.69. The van der Waals surface area contributed by atoms with Gasteiger partial charge in [0.15, 0.2) is 0 Å². The summed E-state index contributed by atoms with van der Waals surface area (Å²) in [7, 11) is 0. The zero-order chi connectivity index (χ0) is 32.8. The lowest BCUT2D eigenvalue weighted by Gasteiger charge is -2.25. The van der Waals surface area contributed by atoms with Gasteiger partial charge in [-0.3, -0.25) is 14.4 Å². The van der Waals surface area contributed by atoms with E-state index in [0.717, 1.165) is 5.56 Å². The smallest absolute Gasteiger partial charge is 0.326 e. The third-order valence-electron chi connectivity index (χ3n) is 7.22. The molecule has 0 aliphatic heterocycles. The van der Waals surface area contributed by atoms with Crippen LogP contribution in [-0.2, 0) is 38.4 Å². The lowest BCUT2D eigenvalue weighted by molar-refractivity contribution is -0.142. The summed E-state index contributed by atoms with van der Waals surface area (Å²) in [5, 5.41) is 36.9. The van der Waals surface area contributed by atoms with Crippen LogP contribution in [0.25, 0.3) is 0 Å². The Kier molecular flexibility index (Phi) is 13.3. The number of hydrogen-bond donors (Lipinski definition) is 8. The van der Waals surface area contributed by atoms with E-state index in [1.165, 1.54) is 24.3 Å². The molecule has 12 heteroatoms. The number of benzene rings is 3. The Balaban J connectivity index is 1.82. The highest BCUT2D eigenvalue weighted by Gasteiger charge is 2.30. The van der Waals surface area contributed by atoms with Gasteiger partial charge < -0.3 is 42.7 Å². The summed E-state index contributed by atoms with van der Waals surface area (Å²) >= 11 is 0. The van der Waals surface area contributed by atoms with E-state index in [1.807, 2.05) is 0 Å². The number of amides is 3. The number of carbonyl (C=O) groups is 4. The molecule has 0 radical (unpaired) electrons. The summed E-state index contributed by atoms with van der Waals surface area (Å²) in [6.45, 7) is 0.389. The van der Waals surface area contributed by atoms with E-state index in [0.29, 0.717) is 30.5 Å². The van der Waals surface area contributed by atoms with Crippen LogP contribution in [-0.4, -0.2) is 69.7 Å². The van der Waals surface area contributed by atoms with Crippen LogP contribution in [0.1, 0.15) is 36.0 Å². The van der Waals surface area contributed by atoms with Crippen molar-refractivity contribution in [2.24, 2.45) is 11.5 Å². The number of unbranched alkanes of at least 4 members (excludes halogenated alkanes) is 1. The van der Waals surface area contributed by atoms with Crippen molar-refractivity contribution in [1.82, 2.24) is 16.0 Å². The first-order chi connectivity index (χ1) is 21.5. The van der Waals surface area contributed by atoms with Gasteiger partial charge in [0.25, 0.3) is 0 Å². The first-order valence-corrected chi connectivity index (χ1v) is 14.7. The number of phenols is 2. The highest BCUT2D eigenvalue weighted by molar-refractivity contribution is 5.94. The molecule has 4 atom stereocenters. The Labute approximate surface area is 261 Å². The fraction of sp³-hybridized carbons (Fsp3) is 0.333. The van der Waals surface area contributed by atoms with Gasteiger partial charge in [0.05, 0.1) is 6.04 Å². The van der Waals surface area contributed by atoms with E-state index >= 15 is 0 Å².